The summed E-state index contributed by atoms with van der Waals surface area (Å²) in [5.74, 6) is 3.01. The summed E-state index contributed by atoms with van der Waals surface area (Å²) in [7, 11) is 1.69. The van der Waals surface area contributed by atoms with E-state index < -0.39 is 0 Å². The molecular weight excluding hydrogens is 416 g/mol. The molecule has 33 heavy (non-hydrogen) atoms. The lowest BCUT2D eigenvalue weighted by Gasteiger charge is -2.41. The summed E-state index contributed by atoms with van der Waals surface area (Å²) in [5.41, 5.74) is 3.91. The first-order valence-electron chi connectivity index (χ1n) is 12.1. The number of imidazole rings is 1. The first-order chi connectivity index (χ1) is 16.0. The monoisotopic (exact) mass is 452 g/mol. The Morgan fingerprint density at radius 2 is 1.73 bits per heavy atom. The number of hydrogen-bond acceptors (Lipinski definition) is 5. The number of rotatable bonds is 11. The zero-order chi connectivity index (χ0) is 23.4. The van der Waals surface area contributed by atoms with Crippen molar-refractivity contribution in [2.24, 2.45) is 0 Å². The third-order valence-electron chi connectivity index (χ3n) is 6.32. The van der Waals surface area contributed by atoms with Crippen LogP contribution in [0.25, 0.3) is 22.4 Å². The van der Waals surface area contributed by atoms with E-state index in [0.29, 0.717) is 43.7 Å². The molecule has 0 spiro atoms. The van der Waals surface area contributed by atoms with E-state index in [1.807, 2.05) is 6.07 Å². The molecule has 0 amide bonds. The van der Waals surface area contributed by atoms with Crippen LogP contribution in [0, 0.1) is 6.92 Å². The van der Waals surface area contributed by atoms with Crippen molar-refractivity contribution in [3.05, 3.63) is 35.9 Å². The molecule has 3 aromatic rings. The van der Waals surface area contributed by atoms with Crippen molar-refractivity contribution < 1.29 is 18.9 Å². The summed E-state index contributed by atoms with van der Waals surface area (Å²) in [6, 6.07) is 10.4. The van der Waals surface area contributed by atoms with Crippen molar-refractivity contribution in [3.8, 4) is 28.6 Å². The molecule has 178 valence electrons. The largest absolute Gasteiger partial charge is 0.492 e. The summed E-state index contributed by atoms with van der Waals surface area (Å²) >= 11 is 0. The third kappa shape index (κ3) is 4.41. The fourth-order valence-corrected chi connectivity index (χ4v) is 4.36. The van der Waals surface area contributed by atoms with Gasteiger partial charge in [-0.2, -0.15) is 0 Å². The van der Waals surface area contributed by atoms with Gasteiger partial charge in [0, 0.05) is 11.1 Å². The molecule has 0 bridgehead atoms. The van der Waals surface area contributed by atoms with Crippen LogP contribution in [0.3, 0.4) is 0 Å². The van der Waals surface area contributed by atoms with Crippen molar-refractivity contribution in [2.75, 3.05) is 33.5 Å². The van der Waals surface area contributed by atoms with Gasteiger partial charge in [-0.25, -0.2) is 4.98 Å². The molecule has 1 fully saturated rings. The second-order valence-corrected chi connectivity index (χ2v) is 9.06. The van der Waals surface area contributed by atoms with E-state index in [4.69, 9.17) is 23.9 Å². The molecule has 0 N–H and O–H groups in total. The molecule has 2 heterocycles. The summed E-state index contributed by atoms with van der Waals surface area (Å²) < 4.78 is 26.3. The van der Waals surface area contributed by atoms with Crippen molar-refractivity contribution in [2.45, 2.75) is 58.9 Å². The quantitative estimate of drug-likeness (QED) is 0.328. The van der Waals surface area contributed by atoms with Crippen LogP contribution in [0.15, 0.2) is 30.3 Å². The number of fused-ring (bicyclic) bond motifs is 1. The third-order valence-corrected chi connectivity index (χ3v) is 6.32. The Morgan fingerprint density at radius 3 is 2.36 bits per heavy atom. The summed E-state index contributed by atoms with van der Waals surface area (Å²) in [4.78, 5) is 5.07. The first-order valence-corrected chi connectivity index (χ1v) is 12.1. The van der Waals surface area contributed by atoms with E-state index >= 15 is 0 Å². The summed E-state index contributed by atoms with van der Waals surface area (Å²) in [5, 5.41) is 0. The van der Waals surface area contributed by atoms with E-state index in [1.54, 1.807) is 7.11 Å². The fourth-order valence-electron chi connectivity index (χ4n) is 4.36. The number of aromatic nitrogens is 2. The van der Waals surface area contributed by atoms with Gasteiger partial charge in [-0.3, -0.25) is 0 Å². The Kier molecular flexibility index (Phi) is 7.13. The van der Waals surface area contributed by atoms with E-state index in [1.165, 1.54) is 0 Å². The van der Waals surface area contributed by atoms with Gasteiger partial charge in [0.1, 0.15) is 5.82 Å². The summed E-state index contributed by atoms with van der Waals surface area (Å²) in [6.45, 7) is 11.2. The molecule has 0 radical (unpaired) electrons. The van der Waals surface area contributed by atoms with Gasteiger partial charge in [0.2, 0.25) is 5.75 Å². The van der Waals surface area contributed by atoms with Crippen LogP contribution >= 0.6 is 0 Å². The zero-order valence-electron chi connectivity index (χ0n) is 20.6. The van der Waals surface area contributed by atoms with Gasteiger partial charge < -0.3 is 23.5 Å². The number of methoxy groups -OCH3 is 1. The smallest absolute Gasteiger partial charge is 0.203 e. The number of nitrogens with zero attached hydrogens (tertiary/aromatic N) is 2. The molecule has 0 atom stereocenters. The maximum atomic E-state index is 6.24. The number of hydrogen-bond donors (Lipinski definition) is 0. The minimum absolute atomic E-state index is 0.148. The van der Waals surface area contributed by atoms with Crippen molar-refractivity contribution in [1.82, 2.24) is 9.55 Å². The molecule has 6 heteroatoms. The molecule has 2 aromatic carbocycles. The minimum Gasteiger partial charge on any atom is -0.492 e. The minimum atomic E-state index is -0.148. The van der Waals surface area contributed by atoms with E-state index in [-0.39, 0.29) is 5.54 Å². The SMILES string of the molecule is CCCCOc1cc(-c2nc3ccccc3n2C2(C)COC2)c(C)c(OC)c1OCCCC. The van der Waals surface area contributed by atoms with Gasteiger partial charge in [0.25, 0.3) is 0 Å². The Labute approximate surface area is 196 Å². The molecule has 1 aliphatic rings. The van der Waals surface area contributed by atoms with Crippen molar-refractivity contribution in [3.63, 3.8) is 0 Å². The predicted molar refractivity (Wildman–Crippen MR) is 132 cm³/mol. The van der Waals surface area contributed by atoms with Crippen LogP contribution in [0.5, 0.6) is 17.2 Å². The lowest BCUT2D eigenvalue weighted by Crippen LogP contribution is -2.49. The highest BCUT2D eigenvalue weighted by Gasteiger charge is 2.39. The molecule has 4 rings (SSSR count). The highest BCUT2D eigenvalue weighted by atomic mass is 16.5. The van der Waals surface area contributed by atoms with Crippen LogP contribution in [0.4, 0.5) is 0 Å². The first kappa shape index (κ1) is 23.4. The molecular formula is C27H36N2O4. The summed E-state index contributed by atoms with van der Waals surface area (Å²) in [6.07, 6.45) is 4.09. The molecule has 0 saturated carbocycles. The topological polar surface area (TPSA) is 54.7 Å². The van der Waals surface area contributed by atoms with E-state index in [0.717, 1.165) is 53.7 Å². The molecule has 1 aromatic heterocycles. The molecule has 1 saturated heterocycles. The van der Waals surface area contributed by atoms with Crippen molar-refractivity contribution in [1.29, 1.82) is 0 Å². The second-order valence-electron chi connectivity index (χ2n) is 9.06. The Hall–Kier alpha value is -2.73. The molecule has 1 aliphatic heterocycles. The zero-order valence-corrected chi connectivity index (χ0v) is 20.6. The normalized spacial score (nSPS) is 14.8. The molecule has 0 unspecified atom stereocenters. The number of unbranched alkanes of at least 4 members (excludes halogenated alkanes) is 2. The average molecular weight is 453 g/mol. The number of ether oxygens (including phenoxy) is 4. The van der Waals surface area contributed by atoms with E-state index in [9.17, 15) is 0 Å². The van der Waals surface area contributed by atoms with Crippen LogP contribution < -0.4 is 14.2 Å². The number of para-hydroxylation sites is 2. The van der Waals surface area contributed by atoms with Crippen LogP contribution in [0.2, 0.25) is 0 Å². The number of benzene rings is 2. The maximum Gasteiger partial charge on any atom is 0.203 e. The van der Waals surface area contributed by atoms with E-state index in [2.05, 4.69) is 56.5 Å². The van der Waals surface area contributed by atoms with Gasteiger partial charge in [-0.15, -0.1) is 0 Å². The van der Waals surface area contributed by atoms with Crippen LogP contribution in [0.1, 0.15) is 52.0 Å². The highest BCUT2D eigenvalue weighted by molar-refractivity contribution is 5.83. The Balaban J connectivity index is 1.90. The second kappa shape index (κ2) is 10.0. The Morgan fingerprint density at radius 1 is 1.03 bits per heavy atom. The van der Waals surface area contributed by atoms with Gasteiger partial charge in [-0.05, 0) is 44.9 Å². The average Bonchev–Trinajstić information content (AvgIpc) is 3.18. The fraction of sp³-hybridized carbons (Fsp3) is 0.519. The van der Waals surface area contributed by atoms with Gasteiger partial charge in [0.05, 0.1) is 50.1 Å². The standard InChI is InChI=1S/C27H36N2O4/c1-6-8-14-32-23-16-20(19(3)24(30-5)25(23)33-15-9-7-2)26-28-21-12-10-11-13-22(21)29(26)27(4)17-31-18-27/h10-13,16H,6-9,14-15,17-18H2,1-5H3. The Bertz CT molecular complexity index is 1100. The van der Waals surface area contributed by atoms with Gasteiger partial charge in [-0.1, -0.05) is 38.8 Å². The molecule has 6 nitrogen and oxygen atoms in total. The maximum absolute atomic E-state index is 6.24. The van der Waals surface area contributed by atoms with Crippen LogP contribution in [-0.2, 0) is 10.3 Å². The highest BCUT2D eigenvalue weighted by Crippen LogP contribution is 2.47. The van der Waals surface area contributed by atoms with Crippen LogP contribution in [-0.4, -0.2) is 43.1 Å². The lowest BCUT2D eigenvalue weighted by molar-refractivity contribution is -0.0868. The predicted octanol–water partition coefficient (Wildman–Crippen LogP) is 6.12. The van der Waals surface area contributed by atoms with Gasteiger partial charge >= 0.3 is 0 Å². The lowest BCUT2D eigenvalue weighted by atomic mass is 9.97. The molecule has 0 aliphatic carbocycles. The van der Waals surface area contributed by atoms with Gasteiger partial charge in [0.15, 0.2) is 11.5 Å². The van der Waals surface area contributed by atoms with Crippen molar-refractivity contribution >= 4 is 11.0 Å².